The van der Waals surface area contributed by atoms with Gasteiger partial charge in [0.2, 0.25) is 0 Å². The summed E-state index contributed by atoms with van der Waals surface area (Å²) in [4.78, 5) is 14.6. The van der Waals surface area contributed by atoms with Gasteiger partial charge in [-0.25, -0.2) is 4.79 Å². The van der Waals surface area contributed by atoms with Crippen molar-refractivity contribution in [3.8, 4) is 0 Å². The van der Waals surface area contributed by atoms with Crippen LogP contribution in [0.2, 0.25) is 0 Å². The lowest BCUT2D eigenvalue weighted by Crippen LogP contribution is -2.56. The molecule has 1 saturated heterocycles. The van der Waals surface area contributed by atoms with Crippen LogP contribution in [0.15, 0.2) is 42.0 Å². The average molecular weight is 341 g/mol. The van der Waals surface area contributed by atoms with E-state index in [-0.39, 0.29) is 18.2 Å². The molecule has 0 radical (unpaired) electrons. The molecule has 134 valence electrons. The number of morpholine rings is 1. The average Bonchev–Trinajstić information content (AvgIpc) is 2.66. The number of ether oxygens (including phenoxy) is 2. The SMILES string of the molecule is O=C(OCc1ccccc1)N1C2C=C(C3CCCCC3)CC1COC2. The van der Waals surface area contributed by atoms with Gasteiger partial charge in [-0.05, 0) is 30.7 Å². The Kier molecular flexibility index (Phi) is 5.07. The zero-order valence-electron chi connectivity index (χ0n) is 14.7. The smallest absolute Gasteiger partial charge is 0.411 e. The highest BCUT2D eigenvalue weighted by Gasteiger charge is 2.40. The van der Waals surface area contributed by atoms with Crippen LogP contribution in [-0.2, 0) is 16.1 Å². The van der Waals surface area contributed by atoms with E-state index in [9.17, 15) is 4.79 Å². The van der Waals surface area contributed by atoms with Gasteiger partial charge in [-0.2, -0.15) is 0 Å². The van der Waals surface area contributed by atoms with Crippen molar-refractivity contribution in [1.29, 1.82) is 0 Å². The monoisotopic (exact) mass is 341 g/mol. The van der Waals surface area contributed by atoms with Crippen LogP contribution in [0.3, 0.4) is 0 Å². The van der Waals surface area contributed by atoms with Crippen molar-refractivity contribution in [2.75, 3.05) is 13.2 Å². The van der Waals surface area contributed by atoms with E-state index in [0.29, 0.717) is 19.8 Å². The van der Waals surface area contributed by atoms with E-state index in [1.165, 1.54) is 32.1 Å². The Balaban J connectivity index is 1.43. The number of hydrogen-bond acceptors (Lipinski definition) is 3. The zero-order valence-corrected chi connectivity index (χ0v) is 14.7. The molecule has 2 heterocycles. The fraction of sp³-hybridized carbons (Fsp3) is 0.571. The number of fused-ring (bicyclic) bond motifs is 2. The van der Waals surface area contributed by atoms with Crippen LogP contribution in [0.1, 0.15) is 44.1 Å². The van der Waals surface area contributed by atoms with Gasteiger partial charge in [0.15, 0.2) is 0 Å². The third-order valence-electron chi connectivity index (χ3n) is 5.77. The minimum atomic E-state index is -0.207. The van der Waals surface area contributed by atoms with Gasteiger partial charge in [0.05, 0.1) is 25.3 Å². The van der Waals surface area contributed by atoms with Crippen LogP contribution < -0.4 is 0 Å². The second-order valence-electron chi connectivity index (χ2n) is 7.49. The molecule has 2 fully saturated rings. The highest BCUT2D eigenvalue weighted by molar-refractivity contribution is 5.69. The van der Waals surface area contributed by atoms with Crippen LogP contribution >= 0.6 is 0 Å². The third kappa shape index (κ3) is 3.74. The summed E-state index contributed by atoms with van der Waals surface area (Å²) in [5.41, 5.74) is 2.58. The fourth-order valence-electron chi connectivity index (χ4n) is 4.48. The number of benzene rings is 1. The molecule has 4 heteroatoms. The molecular formula is C21H27NO3. The Hall–Kier alpha value is -1.81. The van der Waals surface area contributed by atoms with Gasteiger partial charge in [0.1, 0.15) is 6.61 Å². The molecule has 0 N–H and O–H groups in total. The first-order chi connectivity index (χ1) is 12.3. The Morgan fingerprint density at radius 2 is 1.92 bits per heavy atom. The van der Waals surface area contributed by atoms with Crippen LogP contribution in [0.4, 0.5) is 4.79 Å². The number of hydrogen-bond donors (Lipinski definition) is 0. The molecular weight excluding hydrogens is 314 g/mol. The lowest BCUT2D eigenvalue weighted by atomic mass is 9.78. The zero-order chi connectivity index (χ0) is 17.1. The second-order valence-corrected chi connectivity index (χ2v) is 7.49. The van der Waals surface area contributed by atoms with E-state index >= 15 is 0 Å². The van der Waals surface area contributed by atoms with E-state index in [1.54, 1.807) is 5.57 Å². The van der Waals surface area contributed by atoms with Crippen LogP contribution in [0, 0.1) is 5.92 Å². The van der Waals surface area contributed by atoms with Crippen molar-refractivity contribution in [1.82, 2.24) is 4.90 Å². The summed E-state index contributed by atoms with van der Waals surface area (Å²) in [6, 6.07) is 10.0. The number of rotatable bonds is 3. The summed E-state index contributed by atoms with van der Waals surface area (Å²) < 4.78 is 11.3. The number of carbonyl (C=O) groups excluding carboxylic acids is 1. The third-order valence-corrected chi connectivity index (χ3v) is 5.77. The first kappa shape index (κ1) is 16.6. The summed E-state index contributed by atoms with van der Waals surface area (Å²) in [7, 11) is 0. The van der Waals surface area contributed by atoms with Crippen molar-refractivity contribution in [3.63, 3.8) is 0 Å². The first-order valence-electron chi connectivity index (χ1n) is 9.58. The molecule has 2 aliphatic heterocycles. The summed E-state index contributed by atoms with van der Waals surface area (Å²) >= 11 is 0. The molecule has 4 rings (SSSR count). The number of amides is 1. The Bertz CT molecular complexity index is 621. The van der Waals surface area contributed by atoms with E-state index < -0.39 is 0 Å². The standard InChI is InChI=1S/C21H27NO3/c23-21(25-13-16-7-3-1-4-8-16)22-19-11-18(12-20(22)15-24-14-19)17-9-5-2-6-10-17/h1,3-4,7-8,11,17,19-20H,2,5-6,9-10,12-15H2. The van der Waals surface area contributed by atoms with Crippen molar-refractivity contribution >= 4 is 6.09 Å². The largest absolute Gasteiger partial charge is 0.445 e. The highest BCUT2D eigenvalue weighted by atomic mass is 16.6. The van der Waals surface area contributed by atoms with E-state index in [0.717, 1.165) is 17.9 Å². The van der Waals surface area contributed by atoms with Gasteiger partial charge in [-0.1, -0.05) is 61.2 Å². The molecule has 1 aromatic carbocycles. The molecule has 0 aromatic heterocycles. The Labute approximate surface area is 149 Å². The quantitative estimate of drug-likeness (QED) is 0.769. The number of carbonyl (C=O) groups is 1. The van der Waals surface area contributed by atoms with Crippen LogP contribution in [-0.4, -0.2) is 36.3 Å². The summed E-state index contributed by atoms with van der Waals surface area (Å²) in [6.45, 7) is 1.55. The van der Waals surface area contributed by atoms with E-state index in [1.807, 2.05) is 35.2 Å². The molecule has 1 aliphatic carbocycles. The lowest BCUT2D eigenvalue weighted by molar-refractivity contribution is -0.0386. The first-order valence-corrected chi connectivity index (χ1v) is 9.58. The van der Waals surface area contributed by atoms with Crippen LogP contribution in [0.5, 0.6) is 0 Å². The molecule has 4 nitrogen and oxygen atoms in total. The molecule has 2 bridgehead atoms. The van der Waals surface area contributed by atoms with Gasteiger partial charge in [0.25, 0.3) is 0 Å². The molecule has 2 unspecified atom stereocenters. The normalized spacial score (nSPS) is 26.9. The molecule has 3 aliphatic rings. The summed E-state index contributed by atoms with van der Waals surface area (Å²) in [5.74, 6) is 0.722. The Morgan fingerprint density at radius 3 is 2.68 bits per heavy atom. The lowest BCUT2D eigenvalue weighted by Gasteiger charge is -2.45. The maximum atomic E-state index is 12.7. The fourth-order valence-corrected chi connectivity index (χ4v) is 4.48. The van der Waals surface area contributed by atoms with Crippen molar-refractivity contribution < 1.29 is 14.3 Å². The molecule has 2 atom stereocenters. The predicted octanol–water partition coefficient (Wildman–Crippen LogP) is 4.30. The maximum Gasteiger partial charge on any atom is 0.411 e. The summed E-state index contributed by atoms with van der Waals surface area (Å²) in [6.07, 6.45) is 9.72. The minimum Gasteiger partial charge on any atom is -0.445 e. The van der Waals surface area contributed by atoms with Gasteiger partial charge >= 0.3 is 6.09 Å². The van der Waals surface area contributed by atoms with Gasteiger partial charge in [0, 0.05) is 0 Å². The van der Waals surface area contributed by atoms with Crippen molar-refractivity contribution in [2.24, 2.45) is 5.92 Å². The maximum absolute atomic E-state index is 12.7. The van der Waals surface area contributed by atoms with Gasteiger partial charge < -0.3 is 9.47 Å². The minimum absolute atomic E-state index is 0.0349. The second kappa shape index (κ2) is 7.61. The number of nitrogens with zero attached hydrogens (tertiary/aromatic N) is 1. The van der Waals surface area contributed by atoms with Gasteiger partial charge in [-0.15, -0.1) is 0 Å². The predicted molar refractivity (Wildman–Crippen MR) is 96.1 cm³/mol. The molecule has 1 saturated carbocycles. The van der Waals surface area contributed by atoms with Crippen molar-refractivity contribution in [2.45, 2.75) is 57.2 Å². The molecule has 0 spiro atoms. The summed E-state index contributed by atoms with van der Waals surface area (Å²) in [5, 5.41) is 0. The van der Waals surface area contributed by atoms with E-state index in [2.05, 4.69) is 6.08 Å². The van der Waals surface area contributed by atoms with Crippen molar-refractivity contribution in [3.05, 3.63) is 47.5 Å². The molecule has 1 amide bonds. The molecule has 25 heavy (non-hydrogen) atoms. The Morgan fingerprint density at radius 1 is 1.12 bits per heavy atom. The van der Waals surface area contributed by atoms with E-state index in [4.69, 9.17) is 9.47 Å². The van der Waals surface area contributed by atoms with Crippen LogP contribution in [0.25, 0.3) is 0 Å². The topological polar surface area (TPSA) is 38.8 Å². The highest BCUT2D eigenvalue weighted by Crippen LogP contribution is 2.37. The molecule has 1 aromatic rings. The van der Waals surface area contributed by atoms with Gasteiger partial charge in [-0.3, -0.25) is 4.90 Å².